The van der Waals surface area contributed by atoms with Gasteiger partial charge in [-0.3, -0.25) is 9.59 Å². The second-order valence-electron chi connectivity index (χ2n) is 6.70. The molecule has 0 radical (unpaired) electrons. The van der Waals surface area contributed by atoms with E-state index in [1.165, 1.54) is 0 Å². The second kappa shape index (κ2) is 4.58. The van der Waals surface area contributed by atoms with Crippen molar-refractivity contribution >= 4 is 11.9 Å². The molecule has 2 aliphatic heterocycles. The fourth-order valence-corrected chi connectivity index (χ4v) is 3.82. The molecule has 0 aromatic carbocycles. The smallest absolute Gasteiger partial charge is 0.312 e. The molecule has 1 N–H and O–H groups in total. The second-order valence-corrected chi connectivity index (χ2v) is 6.70. The average Bonchev–Trinajstić information content (AvgIpc) is 2.92. The summed E-state index contributed by atoms with van der Waals surface area (Å²) in [6, 6.07) is 0. The van der Waals surface area contributed by atoms with Gasteiger partial charge in [0.1, 0.15) is 0 Å². The summed E-state index contributed by atoms with van der Waals surface area (Å²) in [6.07, 6.45) is 4.46. The zero-order valence-corrected chi connectivity index (χ0v) is 11.7. The molecule has 20 heavy (non-hydrogen) atoms. The maximum absolute atomic E-state index is 12.1. The van der Waals surface area contributed by atoms with Gasteiger partial charge in [-0.05, 0) is 17.8 Å². The molecule has 1 aliphatic carbocycles. The van der Waals surface area contributed by atoms with Crippen molar-refractivity contribution in [2.24, 2.45) is 29.1 Å². The first-order valence-corrected chi connectivity index (χ1v) is 7.12. The van der Waals surface area contributed by atoms with Gasteiger partial charge in [-0.2, -0.15) is 0 Å². The van der Waals surface area contributed by atoms with E-state index in [4.69, 9.17) is 14.6 Å². The van der Waals surface area contributed by atoms with Gasteiger partial charge in [0.2, 0.25) is 6.29 Å². The molecule has 0 amide bonds. The van der Waals surface area contributed by atoms with Gasteiger partial charge in [0.25, 0.3) is 0 Å². The van der Waals surface area contributed by atoms with Crippen molar-refractivity contribution in [2.75, 3.05) is 6.61 Å². The number of carboxylic acid groups (broad SMARTS) is 1. The predicted octanol–water partition coefficient (Wildman–Crippen LogP) is 1.83. The van der Waals surface area contributed by atoms with Gasteiger partial charge in [-0.25, -0.2) is 0 Å². The molecule has 3 aliphatic rings. The lowest BCUT2D eigenvalue weighted by molar-refractivity contribution is -0.161. The van der Waals surface area contributed by atoms with Crippen LogP contribution in [0, 0.1) is 29.1 Å². The molecular formula is C15H20O5. The molecule has 0 aromatic rings. The van der Waals surface area contributed by atoms with E-state index in [1.54, 1.807) is 0 Å². The minimum atomic E-state index is -0.799. The van der Waals surface area contributed by atoms with Crippen LogP contribution in [-0.2, 0) is 19.1 Å². The highest BCUT2D eigenvalue weighted by atomic mass is 16.7. The minimum absolute atomic E-state index is 0.0160. The number of hydrogen-bond donors (Lipinski definition) is 1. The highest BCUT2D eigenvalue weighted by molar-refractivity contribution is 5.76. The maximum Gasteiger partial charge on any atom is 0.312 e. The first-order valence-electron chi connectivity index (χ1n) is 7.12. The topological polar surface area (TPSA) is 72.8 Å². The molecule has 2 saturated heterocycles. The molecule has 2 fully saturated rings. The summed E-state index contributed by atoms with van der Waals surface area (Å²) in [4.78, 5) is 22.9. The van der Waals surface area contributed by atoms with Crippen molar-refractivity contribution in [3.8, 4) is 0 Å². The Morgan fingerprint density at radius 3 is 2.90 bits per heavy atom. The summed E-state index contributed by atoms with van der Waals surface area (Å²) < 4.78 is 10.9. The predicted molar refractivity (Wildman–Crippen MR) is 69.6 cm³/mol. The Hall–Kier alpha value is -1.36. The van der Waals surface area contributed by atoms with E-state index < -0.39 is 12.3 Å². The van der Waals surface area contributed by atoms with Crippen molar-refractivity contribution in [3.63, 3.8) is 0 Å². The molecule has 2 heterocycles. The number of hydrogen-bond acceptors (Lipinski definition) is 4. The summed E-state index contributed by atoms with van der Waals surface area (Å²) in [5, 5.41) is 8.88. The van der Waals surface area contributed by atoms with Crippen LogP contribution < -0.4 is 0 Å². The Morgan fingerprint density at radius 1 is 1.45 bits per heavy atom. The molecule has 0 bridgehead atoms. The molecule has 5 atom stereocenters. The summed E-state index contributed by atoms with van der Waals surface area (Å²) >= 11 is 0. The number of aliphatic carboxylic acids is 1. The monoisotopic (exact) mass is 280 g/mol. The van der Waals surface area contributed by atoms with Gasteiger partial charge < -0.3 is 14.6 Å². The maximum atomic E-state index is 12.1. The Kier molecular flexibility index (Phi) is 3.12. The molecule has 0 spiro atoms. The Morgan fingerprint density at radius 2 is 2.20 bits per heavy atom. The van der Waals surface area contributed by atoms with Gasteiger partial charge in [0.05, 0.1) is 12.5 Å². The number of rotatable bonds is 4. The van der Waals surface area contributed by atoms with Crippen molar-refractivity contribution in [2.45, 2.75) is 33.0 Å². The largest absolute Gasteiger partial charge is 0.481 e. The van der Waals surface area contributed by atoms with Crippen LogP contribution >= 0.6 is 0 Å². The highest BCUT2D eigenvalue weighted by Gasteiger charge is 2.58. The number of carboxylic acids is 1. The van der Waals surface area contributed by atoms with Crippen LogP contribution in [0.3, 0.4) is 0 Å². The quantitative estimate of drug-likeness (QED) is 0.628. The van der Waals surface area contributed by atoms with Gasteiger partial charge >= 0.3 is 11.9 Å². The SMILES string of the molecule is CC(C)(CCC(=O)O)[C@@H]1C=C[C@@H]2CO[C@@H]3OC(=O)[C@H]1[C@@H]32. The van der Waals surface area contributed by atoms with Crippen LogP contribution in [0.15, 0.2) is 12.2 Å². The van der Waals surface area contributed by atoms with Crippen LogP contribution in [-0.4, -0.2) is 29.9 Å². The minimum Gasteiger partial charge on any atom is -0.481 e. The van der Waals surface area contributed by atoms with E-state index in [0.29, 0.717) is 13.0 Å². The number of ether oxygens (including phenoxy) is 2. The standard InChI is InChI=1S/C15H20O5/c1-15(2,6-5-10(16)17)9-4-3-8-7-19-14-11(8)12(9)13(18)20-14/h3-4,8-9,11-12,14H,5-7H2,1-2H3,(H,16,17)/t8-,9-,11+,12-,14-/m1/s1. The van der Waals surface area contributed by atoms with Gasteiger partial charge in [-0.15, -0.1) is 0 Å². The molecule has 0 unspecified atom stereocenters. The number of allylic oxidation sites excluding steroid dienone is 1. The summed E-state index contributed by atoms with van der Waals surface area (Å²) in [7, 11) is 0. The molecule has 5 nitrogen and oxygen atoms in total. The fraction of sp³-hybridized carbons (Fsp3) is 0.733. The summed E-state index contributed by atoms with van der Waals surface area (Å²) in [5.74, 6) is -0.817. The van der Waals surface area contributed by atoms with Crippen LogP contribution in [0.25, 0.3) is 0 Å². The van der Waals surface area contributed by atoms with Crippen LogP contribution in [0.1, 0.15) is 26.7 Å². The highest BCUT2D eigenvalue weighted by Crippen LogP contribution is 2.52. The zero-order valence-electron chi connectivity index (χ0n) is 11.7. The number of carbonyl (C=O) groups is 2. The van der Waals surface area contributed by atoms with E-state index in [-0.39, 0.29) is 41.5 Å². The lowest BCUT2D eigenvalue weighted by Crippen LogP contribution is -2.39. The third kappa shape index (κ3) is 2.04. The van der Waals surface area contributed by atoms with Crippen LogP contribution in [0.2, 0.25) is 0 Å². The fourth-order valence-electron chi connectivity index (χ4n) is 3.82. The Bertz CT molecular complexity index is 467. The lowest BCUT2D eigenvalue weighted by atomic mass is 9.62. The summed E-state index contributed by atoms with van der Waals surface area (Å²) in [5.41, 5.74) is -0.249. The van der Waals surface area contributed by atoms with Crippen molar-refractivity contribution in [1.82, 2.24) is 0 Å². The number of esters is 1. The van der Waals surface area contributed by atoms with E-state index in [9.17, 15) is 9.59 Å². The van der Waals surface area contributed by atoms with Gasteiger partial charge in [0.15, 0.2) is 0 Å². The molecule has 110 valence electrons. The molecular weight excluding hydrogens is 260 g/mol. The molecule has 3 rings (SSSR count). The zero-order chi connectivity index (χ0) is 14.5. The third-order valence-electron chi connectivity index (χ3n) is 5.02. The van der Waals surface area contributed by atoms with Crippen LogP contribution in [0.4, 0.5) is 0 Å². The van der Waals surface area contributed by atoms with Crippen LogP contribution in [0.5, 0.6) is 0 Å². The van der Waals surface area contributed by atoms with Crippen molar-refractivity contribution in [3.05, 3.63) is 12.2 Å². The van der Waals surface area contributed by atoms with E-state index in [1.807, 2.05) is 13.8 Å². The first kappa shape index (κ1) is 13.6. The molecule has 0 aromatic heterocycles. The summed E-state index contributed by atoms with van der Waals surface area (Å²) in [6.45, 7) is 4.67. The first-order chi connectivity index (χ1) is 9.40. The average molecular weight is 280 g/mol. The molecule has 5 heteroatoms. The van der Waals surface area contributed by atoms with Gasteiger partial charge in [-0.1, -0.05) is 26.0 Å². The van der Waals surface area contributed by atoms with E-state index >= 15 is 0 Å². The Labute approximate surface area is 117 Å². The molecule has 0 saturated carbocycles. The Balaban J connectivity index is 1.84. The van der Waals surface area contributed by atoms with E-state index in [0.717, 1.165) is 0 Å². The lowest BCUT2D eigenvalue weighted by Gasteiger charge is -2.39. The third-order valence-corrected chi connectivity index (χ3v) is 5.02. The van der Waals surface area contributed by atoms with Gasteiger partial charge in [0, 0.05) is 18.3 Å². The number of carbonyl (C=O) groups excluding carboxylic acids is 1. The normalized spacial score (nSPS) is 38.7. The van der Waals surface area contributed by atoms with Crippen molar-refractivity contribution in [1.29, 1.82) is 0 Å². The van der Waals surface area contributed by atoms with Crippen molar-refractivity contribution < 1.29 is 24.2 Å². The van der Waals surface area contributed by atoms with E-state index in [2.05, 4.69) is 12.2 Å².